The van der Waals surface area contributed by atoms with Crippen LogP contribution in [0, 0.1) is 13.8 Å². The lowest BCUT2D eigenvalue weighted by Gasteiger charge is -2.24. The zero-order chi connectivity index (χ0) is 19.9. The first-order valence-corrected chi connectivity index (χ1v) is 11.1. The van der Waals surface area contributed by atoms with Gasteiger partial charge < -0.3 is 11.5 Å². The first-order chi connectivity index (χ1) is 11.8. The fourth-order valence-corrected chi connectivity index (χ4v) is 5.09. The van der Waals surface area contributed by atoms with Crippen LogP contribution in [-0.2, 0) is 10.8 Å². The Morgan fingerprint density at radius 1 is 0.615 bits per heavy atom. The van der Waals surface area contributed by atoms with Crippen molar-refractivity contribution < 1.29 is 0 Å². The highest BCUT2D eigenvalue weighted by Gasteiger charge is 2.21. The predicted molar refractivity (Wildman–Crippen MR) is 120 cm³/mol. The third-order valence-electron chi connectivity index (χ3n) is 4.57. The fraction of sp³-hybridized carbons (Fsp3) is 0.455. The maximum atomic E-state index is 6.32. The van der Waals surface area contributed by atoms with E-state index in [1.165, 1.54) is 20.9 Å². The zero-order valence-electron chi connectivity index (χ0n) is 17.3. The highest BCUT2D eigenvalue weighted by Crippen LogP contribution is 2.43. The van der Waals surface area contributed by atoms with Crippen molar-refractivity contribution >= 4 is 33.0 Å². The van der Waals surface area contributed by atoms with Gasteiger partial charge in [0.15, 0.2) is 0 Å². The van der Waals surface area contributed by atoms with Crippen molar-refractivity contribution in [3.05, 3.63) is 46.5 Å². The first kappa shape index (κ1) is 21.0. The highest BCUT2D eigenvalue weighted by atomic mass is 33.1. The first-order valence-electron chi connectivity index (χ1n) is 8.96. The van der Waals surface area contributed by atoms with Crippen LogP contribution in [-0.4, -0.2) is 0 Å². The number of nitrogen functional groups attached to an aromatic ring is 2. The number of nitrogens with two attached hydrogens (primary N) is 2. The molecule has 142 valence electrons. The molecule has 0 aliphatic heterocycles. The monoisotopic (exact) mass is 388 g/mol. The molecule has 26 heavy (non-hydrogen) atoms. The summed E-state index contributed by atoms with van der Waals surface area (Å²) < 4.78 is 0. The Hall–Kier alpha value is -1.26. The van der Waals surface area contributed by atoms with Crippen LogP contribution < -0.4 is 11.5 Å². The van der Waals surface area contributed by atoms with Gasteiger partial charge in [-0.3, -0.25) is 0 Å². The second-order valence-electron chi connectivity index (χ2n) is 9.07. The summed E-state index contributed by atoms with van der Waals surface area (Å²) in [7, 11) is 3.56. The minimum absolute atomic E-state index is 0.0350. The topological polar surface area (TPSA) is 52.0 Å². The van der Waals surface area contributed by atoms with E-state index in [-0.39, 0.29) is 10.8 Å². The van der Waals surface area contributed by atoms with Crippen LogP contribution in [0.15, 0.2) is 34.1 Å². The molecule has 0 bridgehead atoms. The molecule has 0 aliphatic carbocycles. The van der Waals surface area contributed by atoms with Gasteiger partial charge >= 0.3 is 0 Å². The van der Waals surface area contributed by atoms with E-state index < -0.39 is 0 Å². The van der Waals surface area contributed by atoms with Crippen molar-refractivity contribution in [2.75, 3.05) is 11.5 Å². The van der Waals surface area contributed by atoms with E-state index in [2.05, 4.69) is 79.7 Å². The largest absolute Gasteiger partial charge is 0.398 e. The van der Waals surface area contributed by atoms with Crippen LogP contribution in [0.4, 0.5) is 11.4 Å². The van der Waals surface area contributed by atoms with Gasteiger partial charge in [0, 0.05) is 21.2 Å². The van der Waals surface area contributed by atoms with E-state index in [4.69, 9.17) is 11.5 Å². The summed E-state index contributed by atoms with van der Waals surface area (Å²) in [6, 6.07) is 8.82. The third-order valence-corrected chi connectivity index (χ3v) is 6.92. The van der Waals surface area contributed by atoms with Gasteiger partial charge in [0.05, 0.1) is 0 Å². The molecule has 0 amide bonds. The van der Waals surface area contributed by atoms with Crippen molar-refractivity contribution in [1.29, 1.82) is 0 Å². The minimum Gasteiger partial charge on any atom is -0.398 e. The van der Waals surface area contributed by atoms with Crippen molar-refractivity contribution in [3.63, 3.8) is 0 Å². The van der Waals surface area contributed by atoms with Gasteiger partial charge in [0.2, 0.25) is 0 Å². The van der Waals surface area contributed by atoms with Gasteiger partial charge in [0.1, 0.15) is 0 Å². The van der Waals surface area contributed by atoms with Crippen LogP contribution in [0.1, 0.15) is 63.8 Å². The van der Waals surface area contributed by atoms with E-state index >= 15 is 0 Å². The molecular formula is C22H32N2S2. The number of anilines is 2. The van der Waals surface area contributed by atoms with E-state index in [9.17, 15) is 0 Å². The smallest absolute Gasteiger partial charge is 0.0382 e. The molecule has 2 aromatic rings. The maximum Gasteiger partial charge on any atom is 0.0382 e. The predicted octanol–water partition coefficient (Wildman–Crippen LogP) is 6.86. The molecule has 0 saturated carbocycles. The second-order valence-corrected chi connectivity index (χ2v) is 11.3. The van der Waals surface area contributed by atoms with Crippen LogP contribution in [0.25, 0.3) is 0 Å². The summed E-state index contributed by atoms with van der Waals surface area (Å²) >= 11 is 0. The molecule has 0 heterocycles. The third kappa shape index (κ3) is 4.72. The normalized spacial score (nSPS) is 12.5. The van der Waals surface area contributed by atoms with E-state index in [1.54, 1.807) is 21.6 Å². The van der Waals surface area contributed by atoms with Gasteiger partial charge in [-0.15, -0.1) is 0 Å². The van der Waals surface area contributed by atoms with Crippen LogP contribution in [0.5, 0.6) is 0 Å². The Morgan fingerprint density at radius 2 is 0.923 bits per heavy atom. The molecule has 0 radical (unpaired) electrons. The van der Waals surface area contributed by atoms with E-state index in [0.717, 1.165) is 22.5 Å². The molecule has 0 unspecified atom stereocenters. The highest BCUT2D eigenvalue weighted by molar-refractivity contribution is 8.76. The van der Waals surface area contributed by atoms with Gasteiger partial charge in [-0.2, -0.15) is 0 Å². The SMILES string of the molecule is Cc1cc(SSc2cc(C)c(N)c(C(C)(C)C)c2)cc(C(C)(C)C)c1N. The molecule has 0 aliphatic rings. The van der Waals surface area contributed by atoms with Crippen molar-refractivity contribution in [1.82, 2.24) is 0 Å². The average Bonchev–Trinajstić information content (AvgIpc) is 2.49. The van der Waals surface area contributed by atoms with Crippen molar-refractivity contribution in [3.8, 4) is 0 Å². The maximum absolute atomic E-state index is 6.32. The Bertz CT molecular complexity index is 743. The van der Waals surface area contributed by atoms with Crippen molar-refractivity contribution in [2.45, 2.75) is 76.0 Å². The zero-order valence-corrected chi connectivity index (χ0v) is 18.9. The van der Waals surface area contributed by atoms with Gasteiger partial charge in [0.25, 0.3) is 0 Å². The van der Waals surface area contributed by atoms with Crippen molar-refractivity contribution in [2.24, 2.45) is 0 Å². The summed E-state index contributed by atoms with van der Waals surface area (Å²) in [5, 5.41) is 0. The summed E-state index contributed by atoms with van der Waals surface area (Å²) in [5.74, 6) is 0. The van der Waals surface area contributed by atoms with Gasteiger partial charge in [-0.05, 0) is 71.2 Å². The average molecular weight is 389 g/mol. The van der Waals surface area contributed by atoms with Crippen LogP contribution in [0.2, 0.25) is 0 Å². The van der Waals surface area contributed by atoms with Gasteiger partial charge in [-0.1, -0.05) is 63.1 Å². The lowest BCUT2D eigenvalue weighted by Crippen LogP contribution is -2.15. The minimum atomic E-state index is 0.0350. The molecule has 0 saturated heterocycles. The molecule has 0 atom stereocenters. The number of rotatable bonds is 3. The molecule has 2 rings (SSSR count). The lowest BCUT2D eigenvalue weighted by molar-refractivity contribution is 0.590. The molecule has 0 aromatic heterocycles. The summed E-state index contributed by atoms with van der Waals surface area (Å²) in [6.45, 7) is 17.4. The summed E-state index contributed by atoms with van der Waals surface area (Å²) in [5.41, 5.74) is 19.2. The van der Waals surface area contributed by atoms with Crippen LogP contribution in [0.3, 0.4) is 0 Å². The van der Waals surface area contributed by atoms with E-state index in [1.807, 2.05) is 0 Å². The number of aryl methyl sites for hydroxylation is 2. The Labute approximate surface area is 166 Å². The molecule has 4 N–H and O–H groups in total. The standard InChI is InChI=1S/C22H32N2S2/c1-13-9-15(11-17(19(13)23)21(3,4)5)25-26-16-10-14(2)20(24)18(12-16)22(6,7)8/h9-12H,23-24H2,1-8H3. The molecule has 2 nitrogen and oxygen atoms in total. The summed E-state index contributed by atoms with van der Waals surface area (Å²) in [6.07, 6.45) is 0. The van der Waals surface area contributed by atoms with E-state index in [0.29, 0.717) is 0 Å². The molecule has 0 spiro atoms. The quantitative estimate of drug-likeness (QED) is 0.445. The Kier molecular flexibility index (Phi) is 5.99. The fourth-order valence-electron chi connectivity index (χ4n) is 2.96. The molecule has 2 aromatic carbocycles. The van der Waals surface area contributed by atoms with Gasteiger partial charge in [-0.25, -0.2) is 0 Å². The molecular weight excluding hydrogens is 356 g/mol. The Morgan fingerprint density at radius 3 is 1.19 bits per heavy atom. The lowest BCUT2D eigenvalue weighted by atomic mass is 9.85. The number of benzene rings is 2. The number of hydrogen-bond acceptors (Lipinski definition) is 4. The summed E-state index contributed by atoms with van der Waals surface area (Å²) in [4.78, 5) is 2.47. The number of hydrogen-bond donors (Lipinski definition) is 2. The van der Waals surface area contributed by atoms with Crippen LogP contribution >= 0.6 is 21.6 Å². The molecule has 4 heteroatoms. The Balaban J connectivity index is 2.33. The second kappa shape index (κ2) is 7.40. The molecule has 0 fully saturated rings.